The number of rotatable bonds is 3. The van der Waals surface area contributed by atoms with Crippen LogP contribution < -0.4 is 5.32 Å². The van der Waals surface area contributed by atoms with Gasteiger partial charge in [-0.2, -0.15) is 5.26 Å². The molecule has 0 saturated carbocycles. The molecule has 0 aromatic heterocycles. The minimum atomic E-state index is -1.30. The SMILES string of the molecule is COC(=O)[C@@H]1C(=O)NC(SC)=C(C#N)[C@H]1c1ccccc1F. The van der Waals surface area contributed by atoms with Crippen LogP contribution in [0.4, 0.5) is 4.39 Å². The van der Waals surface area contributed by atoms with Crippen LogP contribution in [0.3, 0.4) is 0 Å². The zero-order valence-electron chi connectivity index (χ0n) is 11.9. The van der Waals surface area contributed by atoms with Crippen molar-refractivity contribution in [1.29, 1.82) is 5.26 Å². The molecule has 5 nitrogen and oxygen atoms in total. The minimum absolute atomic E-state index is 0.121. The molecule has 1 amide bonds. The Morgan fingerprint density at radius 3 is 2.68 bits per heavy atom. The van der Waals surface area contributed by atoms with Crippen LogP contribution in [-0.2, 0) is 14.3 Å². The predicted octanol–water partition coefficient (Wildman–Crippen LogP) is 1.93. The normalized spacial score (nSPS) is 21.1. The Balaban J connectivity index is 2.69. The van der Waals surface area contributed by atoms with Gasteiger partial charge in [-0.25, -0.2) is 4.39 Å². The molecule has 1 aliphatic heterocycles. The molecule has 22 heavy (non-hydrogen) atoms. The molecule has 0 fully saturated rings. The third kappa shape index (κ3) is 2.70. The van der Waals surface area contributed by atoms with E-state index in [-0.39, 0.29) is 11.1 Å². The van der Waals surface area contributed by atoms with Gasteiger partial charge in [0.05, 0.1) is 23.8 Å². The Hall–Kier alpha value is -2.33. The lowest BCUT2D eigenvalue weighted by molar-refractivity contribution is -0.150. The molecule has 1 heterocycles. The smallest absolute Gasteiger partial charge is 0.319 e. The highest BCUT2D eigenvalue weighted by Gasteiger charge is 2.44. The van der Waals surface area contributed by atoms with E-state index in [9.17, 15) is 19.2 Å². The van der Waals surface area contributed by atoms with Crippen LogP contribution in [0, 0.1) is 23.1 Å². The topological polar surface area (TPSA) is 79.2 Å². The van der Waals surface area contributed by atoms with E-state index in [1.165, 1.54) is 18.2 Å². The van der Waals surface area contributed by atoms with Gasteiger partial charge in [-0.15, -0.1) is 11.8 Å². The van der Waals surface area contributed by atoms with Gasteiger partial charge in [0.2, 0.25) is 5.91 Å². The van der Waals surface area contributed by atoms with Gasteiger partial charge in [-0.05, 0) is 17.9 Å². The van der Waals surface area contributed by atoms with Crippen molar-refractivity contribution in [3.05, 3.63) is 46.2 Å². The summed E-state index contributed by atoms with van der Waals surface area (Å²) < 4.78 is 18.8. The summed E-state index contributed by atoms with van der Waals surface area (Å²) in [5, 5.41) is 12.3. The molecule has 0 bridgehead atoms. The summed E-state index contributed by atoms with van der Waals surface area (Å²) in [5.41, 5.74) is 0.267. The molecule has 1 aromatic rings. The number of nitriles is 1. The summed E-state index contributed by atoms with van der Waals surface area (Å²) in [6.07, 6.45) is 1.68. The zero-order valence-corrected chi connectivity index (χ0v) is 12.7. The second-order valence-corrected chi connectivity index (χ2v) is 5.36. The number of hydrogen-bond acceptors (Lipinski definition) is 5. The Bertz CT molecular complexity index is 696. The standard InChI is InChI=1S/C15H13FN2O3S/c1-21-15(20)12-11(8-5-3-4-6-10(8)16)9(7-17)14(22-2)18-13(12)19/h3-6,11-12H,1-2H3,(H,18,19)/t11-,12+/m1/s1. The summed E-state index contributed by atoms with van der Waals surface area (Å²) in [6.45, 7) is 0. The monoisotopic (exact) mass is 320 g/mol. The Morgan fingerprint density at radius 2 is 2.14 bits per heavy atom. The molecule has 1 aliphatic rings. The number of methoxy groups -OCH3 is 1. The molecular formula is C15H13FN2O3S. The summed E-state index contributed by atoms with van der Waals surface area (Å²) >= 11 is 1.16. The average Bonchev–Trinajstić information content (AvgIpc) is 2.53. The van der Waals surface area contributed by atoms with Gasteiger partial charge < -0.3 is 10.1 Å². The maximum absolute atomic E-state index is 14.2. The third-order valence-corrected chi connectivity index (χ3v) is 4.16. The molecule has 1 aromatic carbocycles. The molecule has 114 valence electrons. The highest BCUT2D eigenvalue weighted by atomic mass is 32.2. The molecule has 0 radical (unpaired) electrons. The van der Waals surface area contributed by atoms with Crippen LogP contribution in [-0.4, -0.2) is 25.2 Å². The Labute approximate surface area is 131 Å². The summed E-state index contributed by atoms with van der Waals surface area (Å²) in [7, 11) is 1.15. The van der Waals surface area contributed by atoms with Gasteiger partial charge in [-0.3, -0.25) is 9.59 Å². The zero-order chi connectivity index (χ0) is 16.3. The van der Waals surface area contributed by atoms with Crippen molar-refractivity contribution >= 4 is 23.6 Å². The van der Waals surface area contributed by atoms with Crippen molar-refractivity contribution in [3.8, 4) is 6.07 Å². The lowest BCUT2D eigenvalue weighted by Gasteiger charge is -2.30. The van der Waals surface area contributed by atoms with Crippen LogP contribution in [0.15, 0.2) is 34.9 Å². The Kier molecular flexibility index (Phi) is 4.83. The van der Waals surface area contributed by atoms with Crippen molar-refractivity contribution in [2.75, 3.05) is 13.4 Å². The van der Waals surface area contributed by atoms with E-state index in [4.69, 9.17) is 0 Å². The van der Waals surface area contributed by atoms with Crippen LogP contribution in [0.1, 0.15) is 11.5 Å². The molecule has 0 aliphatic carbocycles. The maximum atomic E-state index is 14.2. The number of carbonyl (C=O) groups excluding carboxylic acids is 2. The van der Waals surface area contributed by atoms with Gasteiger partial charge in [0.1, 0.15) is 11.7 Å². The fourth-order valence-corrected chi connectivity index (χ4v) is 3.03. The average molecular weight is 320 g/mol. The highest BCUT2D eigenvalue weighted by Crippen LogP contribution is 2.40. The highest BCUT2D eigenvalue weighted by molar-refractivity contribution is 8.02. The van der Waals surface area contributed by atoms with E-state index in [1.807, 2.05) is 6.07 Å². The molecule has 0 unspecified atom stereocenters. The van der Waals surface area contributed by atoms with E-state index < -0.39 is 29.5 Å². The van der Waals surface area contributed by atoms with Crippen molar-refractivity contribution in [3.63, 3.8) is 0 Å². The number of amides is 1. The van der Waals surface area contributed by atoms with E-state index in [0.717, 1.165) is 18.9 Å². The fourth-order valence-electron chi connectivity index (χ4n) is 2.43. The molecule has 2 atom stereocenters. The number of nitrogens with one attached hydrogen (secondary N) is 1. The molecule has 1 N–H and O–H groups in total. The van der Waals surface area contributed by atoms with Crippen LogP contribution in [0.25, 0.3) is 0 Å². The van der Waals surface area contributed by atoms with Crippen molar-refractivity contribution in [1.82, 2.24) is 5.32 Å². The first kappa shape index (κ1) is 16.0. The minimum Gasteiger partial charge on any atom is -0.468 e. The number of benzene rings is 1. The lowest BCUT2D eigenvalue weighted by atomic mass is 9.78. The van der Waals surface area contributed by atoms with Gasteiger partial charge in [-0.1, -0.05) is 18.2 Å². The number of allylic oxidation sites excluding steroid dienone is 1. The molecule has 7 heteroatoms. The van der Waals surface area contributed by atoms with Crippen molar-refractivity contribution < 1.29 is 18.7 Å². The first-order chi connectivity index (χ1) is 10.5. The molecule has 0 spiro atoms. The number of esters is 1. The molecule has 2 rings (SSSR count). The van der Waals surface area contributed by atoms with E-state index >= 15 is 0 Å². The van der Waals surface area contributed by atoms with Crippen LogP contribution >= 0.6 is 11.8 Å². The van der Waals surface area contributed by atoms with Gasteiger partial charge in [0.15, 0.2) is 0 Å². The first-order valence-electron chi connectivity index (χ1n) is 6.36. The van der Waals surface area contributed by atoms with Crippen molar-refractivity contribution in [2.45, 2.75) is 5.92 Å². The summed E-state index contributed by atoms with van der Waals surface area (Å²) in [6, 6.07) is 7.76. The van der Waals surface area contributed by atoms with Gasteiger partial charge >= 0.3 is 5.97 Å². The summed E-state index contributed by atoms with van der Waals surface area (Å²) in [4.78, 5) is 24.2. The molecular weight excluding hydrogens is 307 g/mol. The van der Waals surface area contributed by atoms with E-state index in [1.54, 1.807) is 12.3 Å². The number of hydrogen-bond donors (Lipinski definition) is 1. The fraction of sp³-hybridized carbons (Fsp3) is 0.267. The van der Waals surface area contributed by atoms with Gasteiger partial charge in [0, 0.05) is 5.92 Å². The number of thioether (sulfide) groups is 1. The largest absolute Gasteiger partial charge is 0.468 e. The number of ether oxygens (including phenoxy) is 1. The third-order valence-electron chi connectivity index (χ3n) is 3.43. The van der Waals surface area contributed by atoms with Crippen LogP contribution in [0.2, 0.25) is 0 Å². The van der Waals surface area contributed by atoms with E-state index in [0.29, 0.717) is 5.03 Å². The number of halogens is 1. The van der Waals surface area contributed by atoms with Gasteiger partial charge in [0.25, 0.3) is 0 Å². The lowest BCUT2D eigenvalue weighted by Crippen LogP contribution is -2.44. The summed E-state index contributed by atoms with van der Waals surface area (Å²) in [5.74, 6) is -4.30. The van der Waals surface area contributed by atoms with Crippen LogP contribution in [0.5, 0.6) is 0 Å². The predicted molar refractivity (Wildman–Crippen MR) is 78.9 cm³/mol. The maximum Gasteiger partial charge on any atom is 0.319 e. The Morgan fingerprint density at radius 1 is 1.45 bits per heavy atom. The van der Waals surface area contributed by atoms with E-state index in [2.05, 4.69) is 10.1 Å². The first-order valence-corrected chi connectivity index (χ1v) is 7.59. The van der Waals surface area contributed by atoms with Crippen molar-refractivity contribution in [2.24, 2.45) is 5.92 Å². The number of nitrogens with zero attached hydrogens (tertiary/aromatic N) is 1. The quantitative estimate of drug-likeness (QED) is 0.680. The second kappa shape index (κ2) is 6.62. The number of carbonyl (C=O) groups is 2. The molecule has 0 saturated heterocycles. The second-order valence-electron chi connectivity index (χ2n) is 4.55.